The predicted octanol–water partition coefficient (Wildman–Crippen LogP) is 2.29. The highest BCUT2D eigenvalue weighted by molar-refractivity contribution is 7.86. The molecule has 0 aliphatic carbocycles. The van der Waals surface area contributed by atoms with Crippen molar-refractivity contribution in [3.8, 4) is 22.3 Å². The quantitative estimate of drug-likeness (QED) is 0.195. The minimum absolute atomic E-state index is 0.115. The molecular formula is C20H12N2O14S4. The number of nitrogens with zero attached hydrogens (tertiary/aromatic N) is 2. The van der Waals surface area contributed by atoms with Crippen molar-refractivity contribution in [2.75, 3.05) is 0 Å². The molecule has 3 aromatic carbocycles. The second kappa shape index (κ2) is 8.87. The van der Waals surface area contributed by atoms with Gasteiger partial charge in [0.25, 0.3) is 20.2 Å². The van der Waals surface area contributed by atoms with Gasteiger partial charge in [0.1, 0.15) is 20.8 Å². The molecule has 0 aliphatic rings. The summed E-state index contributed by atoms with van der Waals surface area (Å²) in [6, 6.07) is 9.62. The van der Waals surface area contributed by atoms with Crippen molar-refractivity contribution < 1.29 is 60.7 Å². The van der Waals surface area contributed by atoms with Crippen LogP contribution in [0.1, 0.15) is 0 Å². The maximum absolute atomic E-state index is 12.5. The summed E-state index contributed by atoms with van der Waals surface area (Å²) < 4.78 is 144. The van der Waals surface area contributed by atoms with Gasteiger partial charge in [0, 0.05) is 11.1 Å². The maximum atomic E-state index is 12.5. The van der Waals surface area contributed by atoms with E-state index in [1.54, 1.807) is 0 Å². The zero-order valence-corrected chi connectivity index (χ0v) is 22.3. The molecule has 0 saturated heterocycles. The van der Waals surface area contributed by atoms with Gasteiger partial charge in [-0.3, -0.25) is 18.2 Å². The summed E-state index contributed by atoms with van der Waals surface area (Å²) in [5, 5.41) is -2.53. The number of oxazole rings is 2. The summed E-state index contributed by atoms with van der Waals surface area (Å²) in [5.74, 6) is 0. The summed E-state index contributed by atoms with van der Waals surface area (Å²) in [6.07, 6.45) is 0. The molecule has 40 heavy (non-hydrogen) atoms. The first kappa shape index (κ1) is 27.8. The number of fused-ring (bicyclic) bond motifs is 2. The van der Waals surface area contributed by atoms with Crippen LogP contribution in [0.4, 0.5) is 0 Å². The number of rotatable bonds is 6. The first-order chi connectivity index (χ1) is 18.4. The Kier molecular flexibility index (Phi) is 6.16. The Morgan fingerprint density at radius 2 is 0.825 bits per heavy atom. The molecule has 0 atom stereocenters. The fourth-order valence-corrected chi connectivity index (χ4v) is 6.52. The highest BCUT2D eigenvalue weighted by Crippen LogP contribution is 2.42. The topological polar surface area (TPSA) is 270 Å². The van der Waals surface area contributed by atoms with Gasteiger partial charge in [0.05, 0.1) is 0 Å². The van der Waals surface area contributed by atoms with Crippen molar-refractivity contribution in [1.29, 1.82) is 0 Å². The number of benzene rings is 3. The van der Waals surface area contributed by atoms with Crippen LogP contribution in [0.15, 0.2) is 77.6 Å². The van der Waals surface area contributed by atoms with Crippen LogP contribution in [0.25, 0.3) is 44.5 Å². The third-order valence-electron chi connectivity index (χ3n) is 5.45. The molecule has 2 heterocycles. The van der Waals surface area contributed by atoms with Crippen LogP contribution < -0.4 is 0 Å². The zero-order chi connectivity index (χ0) is 29.4. The fraction of sp³-hybridized carbons (Fsp3) is 0. The van der Waals surface area contributed by atoms with Crippen molar-refractivity contribution in [2.45, 2.75) is 20.2 Å². The van der Waals surface area contributed by atoms with Crippen LogP contribution in [0.2, 0.25) is 0 Å². The fourth-order valence-electron chi connectivity index (χ4n) is 4.02. The Balaban J connectivity index is 1.89. The van der Waals surface area contributed by atoms with Crippen LogP contribution in [0.3, 0.4) is 0 Å². The van der Waals surface area contributed by atoms with Crippen molar-refractivity contribution >= 4 is 62.7 Å². The van der Waals surface area contributed by atoms with E-state index < -0.39 is 82.9 Å². The molecule has 0 radical (unpaired) electrons. The van der Waals surface area contributed by atoms with E-state index >= 15 is 0 Å². The van der Waals surface area contributed by atoms with Gasteiger partial charge in [-0.05, 0) is 35.4 Å². The lowest BCUT2D eigenvalue weighted by Crippen LogP contribution is -2.05. The minimum Gasteiger partial charge on any atom is -0.426 e. The van der Waals surface area contributed by atoms with Crippen LogP contribution >= 0.6 is 0 Å². The molecule has 0 aliphatic heterocycles. The zero-order valence-electron chi connectivity index (χ0n) is 19.0. The van der Waals surface area contributed by atoms with Crippen LogP contribution in [0.5, 0.6) is 0 Å². The highest BCUT2D eigenvalue weighted by Gasteiger charge is 2.31. The summed E-state index contributed by atoms with van der Waals surface area (Å²) in [7, 11) is -20.5. The van der Waals surface area contributed by atoms with E-state index in [1.165, 1.54) is 24.3 Å². The minimum atomic E-state index is -5.21. The molecule has 0 spiro atoms. The summed E-state index contributed by atoms with van der Waals surface area (Å²) in [5.41, 5.74) is -3.22. The Hall–Kier alpha value is -3.76. The molecule has 210 valence electrons. The lowest BCUT2D eigenvalue weighted by Gasteiger charge is -2.15. The van der Waals surface area contributed by atoms with E-state index in [4.69, 9.17) is 8.83 Å². The molecule has 0 amide bonds. The molecule has 0 unspecified atom stereocenters. The lowest BCUT2D eigenvalue weighted by molar-refractivity contribution is 0.407. The van der Waals surface area contributed by atoms with E-state index in [9.17, 15) is 51.9 Å². The van der Waals surface area contributed by atoms with E-state index in [0.29, 0.717) is 0 Å². The van der Waals surface area contributed by atoms with E-state index in [1.807, 2.05) is 0 Å². The molecule has 2 aromatic heterocycles. The maximum Gasteiger partial charge on any atom is 0.347 e. The van der Waals surface area contributed by atoms with Crippen LogP contribution in [-0.4, -0.2) is 61.9 Å². The van der Waals surface area contributed by atoms with Gasteiger partial charge in [-0.25, -0.2) is 0 Å². The van der Waals surface area contributed by atoms with Crippen LogP contribution in [-0.2, 0) is 40.5 Å². The van der Waals surface area contributed by atoms with Gasteiger partial charge < -0.3 is 8.83 Å². The Morgan fingerprint density at radius 3 is 1.12 bits per heavy atom. The molecule has 5 aromatic rings. The highest BCUT2D eigenvalue weighted by atomic mass is 32.2. The predicted molar refractivity (Wildman–Crippen MR) is 132 cm³/mol. The number of hydrogen-bond donors (Lipinski definition) is 4. The number of aromatic nitrogens is 2. The van der Waals surface area contributed by atoms with Crippen molar-refractivity contribution in [3.63, 3.8) is 0 Å². The molecule has 0 saturated carbocycles. The van der Waals surface area contributed by atoms with Gasteiger partial charge in [0.2, 0.25) is 0 Å². The monoisotopic (exact) mass is 632 g/mol. The van der Waals surface area contributed by atoms with E-state index in [-0.39, 0.29) is 22.3 Å². The molecule has 0 bridgehead atoms. The Labute approximate surface area is 223 Å². The normalized spacial score (nSPS) is 13.3. The molecule has 20 heteroatoms. The Morgan fingerprint density at radius 1 is 0.475 bits per heavy atom. The summed E-state index contributed by atoms with van der Waals surface area (Å²) in [4.78, 5) is 5.02. The largest absolute Gasteiger partial charge is 0.426 e. The Bertz CT molecular complexity index is 2150. The molecular weight excluding hydrogens is 620 g/mol. The van der Waals surface area contributed by atoms with E-state index in [2.05, 4.69) is 9.97 Å². The number of hydrogen-bond acceptors (Lipinski definition) is 12. The molecule has 0 fully saturated rings. The standard InChI is InChI=1S/C20H12N2O14S4/c23-37(24,25)17-11(5-7-13-15(17)21-19(35-13)39(29,30)31)9-3-1-2-4-10(9)12-6-8-14-16(18(12)38(26,27)28)22-20(36-14)40(32,33)34/h1-8H,(H,23,24,25)(H,26,27,28)(H,29,30,31)(H,32,33,34). The SMILES string of the molecule is O=S(=O)(O)c1nc2c(S(=O)(=O)O)c(-c3ccccc3-c3ccc4oc(S(=O)(=O)O)nc4c3S(=O)(=O)O)ccc2o1. The van der Waals surface area contributed by atoms with Gasteiger partial charge >= 0.3 is 30.7 Å². The molecule has 5 rings (SSSR count). The molecule has 4 N–H and O–H groups in total. The lowest BCUT2D eigenvalue weighted by atomic mass is 9.94. The first-order valence-electron chi connectivity index (χ1n) is 10.2. The van der Waals surface area contributed by atoms with Gasteiger partial charge in [-0.15, -0.1) is 0 Å². The molecule has 16 nitrogen and oxygen atoms in total. The third kappa shape index (κ3) is 4.75. The third-order valence-corrected chi connectivity index (χ3v) is 8.54. The summed E-state index contributed by atoms with van der Waals surface area (Å²) in [6.45, 7) is 0. The van der Waals surface area contributed by atoms with Crippen LogP contribution in [0, 0.1) is 0 Å². The second-order valence-electron chi connectivity index (χ2n) is 7.98. The van der Waals surface area contributed by atoms with Gasteiger partial charge in [0.15, 0.2) is 11.2 Å². The average Bonchev–Trinajstić information content (AvgIpc) is 3.45. The van der Waals surface area contributed by atoms with Crippen molar-refractivity contribution in [2.24, 2.45) is 0 Å². The van der Waals surface area contributed by atoms with Crippen molar-refractivity contribution in [3.05, 3.63) is 48.5 Å². The summed E-state index contributed by atoms with van der Waals surface area (Å²) >= 11 is 0. The second-order valence-corrected chi connectivity index (χ2v) is 13.3. The first-order valence-corrected chi connectivity index (χ1v) is 16.0. The van der Waals surface area contributed by atoms with Gasteiger partial charge in [-0.2, -0.15) is 43.6 Å². The average molecular weight is 633 g/mol. The van der Waals surface area contributed by atoms with Crippen molar-refractivity contribution in [1.82, 2.24) is 9.97 Å². The van der Waals surface area contributed by atoms with Gasteiger partial charge in [-0.1, -0.05) is 24.3 Å². The van der Waals surface area contributed by atoms with E-state index in [0.717, 1.165) is 24.3 Å². The smallest absolute Gasteiger partial charge is 0.347 e.